The molecule has 8 rings (SSSR count). The van der Waals surface area contributed by atoms with Crippen molar-refractivity contribution in [2.45, 2.75) is 88.2 Å². The fourth-order valence-corrected chi connectivity index (χ4v) is 10.5. The highest BCUT2D eigenvalue weighted by Crippen LogP contribution is 2.60. The molecular formula is C32H40FN5O6. The summed E-state index contributed by atoms with van der Waals surface area (Å²) in [6.45, 7) is 2.28. The number of hydrogen-bond acceptors (Lipinski definition) is 7. The van der Waals surface area contributed by atoms with Gasteiger partial charge < -0.3 is 29.9 Å². The number of nitrogens with one attached hydrogen (secondary N) is 2. The zero-order chi connectivity index (χ0) is 30.5. The fourth-order valence-electron chi connectivity index (χ4n) is 10.5. The minimum Gasteiger partial charge on any atom is -0.472 e. The third-order valence-electron chi connectivity index (χ3n) is 12.5. The van der Waals surface area contributed by atoms with E-state index in [0.717, 1.165) is 38.5 Å². The predicted octanol–water partition coefficient (Wildman–Crippen LogP) is 2.90. The van der Waals surface area contributed by atoms with Gasteiger partial charge in [0.1, 0.15) is 18.3 Å². The van der Waals surface area contributed by atoms with Gasteiger partial charge in [-0.05, 0) is 93.6 Å². The number of rotatable bonds is 4. The van der Waals surface area contributed by atoms with Crippen LogP contribution in [-0.2, 0) is 19.1 Å². The maximum atomic E-state index is 15.3. The van der Waals surface area contributed by atoms with Crippen LogP contribution in [-0.4, -0.2) is 88.7 Å². The highest BCUT2D eigenvalue weighted by atomic mass is 19.1. The molecule has 1 aromatic rings. The monoisotopic (exact) mass is 609 g/mol. The molecule has 1 spiro atoms. The molecule has 4 bridgehead atoms. The highest BCUT2D eigenvalue weighted by molar-refractivity contribution is 6.01. The van der Waals surface area contributed by atoms with E-state index in [4.69, 9.17) is 9.47 Å². The molecule has 0 radical (unpaired) electrons. The Balaban J connectivity index is 1.12. The zero-order valence-electron chi connectivity index (χ0n) is 25.2. The van der Waals surface area contributed by atoms with Gasteiger partial charge in [0.15, 0.2) is 11.6 Å². The first kappa shape index (κ1) is 28.1. The number of pyridine rings is 1. The van der Waals surface area contributed by atoms with Crippen LogP contribution in [0.5, 0.6) is 5.75 Å². The summed E-state index contributed by atoms with van der Waals surface area (Å²) < 4.78 is 26.5. The molecule has 44 heavy (non-hydrogen) atoms. The topological polar surface area (TPSA) is 130 Å². The number of methoxy groups -OCH3 is 1. The summed E-state index contributed by atoms with van der Waals surface area (Å²) in [5, 5.41) is 5.72. The van der Waals surface area contributed by atoms with E-state index in [1.54, 1.807) is 28.1 Å². The van der Waals surface area contributed by atoms with Gasteiger partial charge in [0.05, 0.1) is 13.7 Å². The Morgan fingerprint density at radius 1 is 1.18 bits per heavy atom. The molecule has 0 unspecified atom stereocenters. The quantitative estimate of drug-likeness (QED) is 0.537. The molecule has 2 N–H and O–H groups in total. The summed E-state index contributed by atoms with van der Waals surface area (Å²) in [7, 11) is 1.29. The second-order valence-electron chi connectivity index (χ2n) is 14.6. The average Bonchev–Trinajstić information content (AvgIpc) is 3.85. The van der Waals surface area contributed by atoms with E-state index in [9.17, 15) is 19.2 Å². The van der Waals surface area contributed by atoms with Crippen molar-refractivity contribution in [1.29, 1.82) is 0 Å². The molecule has 6 fully saturated rings. The molecule has 4 saturated carbocycles. The van der Waals surface area contributed by atoms with E-state index in [0.29, 0.717) is 30.5 Å². The number of likely N-dealkylation sites (tertiary alicyclic amines) is 2. The van der Waals surface area contributed by atoms with Crippen LogP contribution in [0.25, 0.3) is 0 Å². The standard InChI is InChI=1S/C32H40FN5O6/c1-16-12-32(29(41)36-26-22(44-32)4-3-9-34-26)15-38(16)27(39)24-23-19-10-18(11-21(19)33)20(23)14-37(24)28(40)25(35-30(42)43-2)31-7-5-17(13-31)6-8-31/h3-4,9,16-21,23-25H,5-8,10-15H2,1-2H3,(H,35,42)(H,34,36,41)/t16-,17?,18+,19-,20-,21-,23+,24+,25+,31?,32-/m1/s1. The Morgan fingerprint density at radius 3 is 2.70 bits per heavy atom. The number of alkyl carbamates (subject to hydrolysis) is 1. The van der Waals surface area contributed by atoms with Gasteiger partial charge in [-0.15, -0.1) is 0 Å². The Bertz CT molecular complexity index is 1420. The van der Waals surface area contributed by atoms with Crippen LogP contribution in [0.3, 0.4) is 0 Å². The van der Waals surface area contributed by atoms with Crippen molar-refractivity contribution in [3.05, 3.63) is 18.3 Å². The summed E-state index contributed by atoms with van der Waals surface area (Å²) in [5.41, 5.74) is -1.66. The highest BCUT2D eigenvalue weighted by Gasteiger charge is 2.66. The van der Waals surface area contributed by atoms with E-state index in [2.05, 4.69) is 15.6 Å². The van der Waals surface area contributed by atoms with Crippen molar-refractivity contribution >= 4 is 29.6 Å². The number of amides is 4. The van der Waals surface area contributed by atoms with Crippen molar-refractivity contribution in [1.82, 2.24) is 20.1 Å². The van der Waals surface area contributed by atoms with E-state index in [-0.39, 0.29) is 65.8 Å². The summed E-state index contributed by atoms with van der Waals surface area (Å²) in [6.07, 6.45) is 5.95. The van der Waals surface area contributed by atoms with Gasteiger partial charge in [-0.1, -0.05) is 0 Å². The van der Waals surface area contributed by atoms with Gasteiger partial charge >= 0.3 is 6.09 Å². The van der Waals surface area contributed by atoms with Crippen LogP contribution in [0.4, 0.5) is 15.0 Å². The zero-order valence-corrected chi connectivity index (χ0v) is 25.2. The molecule has 236 valence electrons. The first-order valence-electron chi connectivity index (χ1n) is 16.2. The number of carbonyl (C=O) groups excluding carboxylic acids is 4. The fraction of sp³-hybridized carbons (Fsp3) is 0.719. The van der Waals surface area contributed by atoms with E-state index < -0.39 is 29.9 Å². The molecule has 7 aliphatic rings. The normalized spacial score (nSPS) is 41.8. The molecule has 4 heterocycles. The number of fused-ring (bicyclic) bond motifs is 8. The average molecular weight is 610 g/mol. The predicted molar refractivity (Wildman–Crippen MR) is 154 cm³/mol. The maximum absolute atomic E-state index is 15.3. The molecule has 2 saturated heterocycles. The molecule has 3 aliphatic heterocycles. The van der Waals surface area contributed by atoms with E-state index in [1.807, 2.05) is 6.92 Å². The smallest absolute Gasteiger partial charge is 0.407 e. The van der Waals surface area contributed by atoms with Gasteiger partial charge in [0.25, 0.3) is 5.91 Å². The van der Waals surface area contributed by atoms with Crippen molar-refractivity contribution in [2.75, 3.05) is 25.5 Å². The number of carbonyl (C=O) groups is 4. The van der Waals surface area contributed by atoms with Gasteiger partial charge in [0, 0.05) is 30.6 Å². The Labute approximate surface area is 255 Å². The summed E-state index contributed by atoms with van der Waals surface area (Å²) >= 11 is 0. The molecule has 12 heteroatoms. The second-order valence-corrected chi connectivity index (χ2v) is 14.6. The SMILES string of the molecule is COC(=O)N[C@@H](C(=O)N1C[C@@H]2[C@H]3C[C@@H]([C@@H]2[C@H]1C(=O)N1C[C@@]2(C[C@H]1C)Oc1cccnc1NC2=O)[C@H](F)C3)C12CCC(CC1)C2. The minimum absolute atomic E-state index is 0.0195. The molecule has 4 aliphatic carbocycles. The molecule has 9 atom stereocenters. The molecular weight excluding hydrogens is 569 g/mol. The van der Waals surface area contributed by atoms with Crippen LogP contribution < -0.4 is 15.4 Å². The minimum atomic E-state index is -1.29. The lowest BCUT2D eigenvalue weighted by atomic mass is 9.76. The number of hydrogen-bond donors (Lipinski definition) is 2. The third kappa shape index (κ3) is 3.94. The lowest BCUT2D eigenvalue weighted by Gasteiger charge is -2.40. The number of anilines is 1. The van der Waals surface area contributed by atoms with Crippen molar-refractivity contribution < 1.29 is 33.0 Å². The van der Waals surface area contributed by atoms with Crippen molar-refractivity contribution in [3.63, 3.8) is 0 Å². The molecule has 4 amide bonds. The van der Waals surface area contributed by atoms with Gasteiger partial charge in [-0.2, -0.15) is 0 Å². The first-order chi connectivity index (χ1) is 21.1. The van der Waals surface area contributed by atoms with Gasteiger partial charge in [-0.3, -0.25) is 14.4 Å². The lowest BCUT2D eigenvalue weighted by molar-refractivity contribution is -0.149. The van der Waals surface area contributed by atoms with Crippen LogP contribution in [0, 0.1) is 35.0 Å². The van der Waals surface area contributed by atoms with Crippen molar-refractivity contribution in [3.8, 4) is 5.75 Å². The van der Waals surface area contributed by atoms with Crippen molar-refractivity contribution in [2.24, 2.45) is 35.0 Å². The first-order valence-corrected chi connectivity index (χ1v) is 16.2. The van der Waals surface area contributed by atoms with Crippen LogP contribution in [0.1, 0.15) is 58.3 Å². The largest absolute Gasteiger partial charge is 0.472 e. The number of halogens is 1. The second kappa shape index (κ2) is 9.78. The third-order valence-corrected chi connectivity index (χ3v) is 12.5. The van der Waals surface area contributed by atoms with E-state index in [1.165, 1.54) is 7.11 Å². The van der Waals surface area contributed by atoms with Crippen LogP contribution in [0.2, 0.25) is 0 Å². The summed E-state index contributed by atoms with van der Waals surface area (Å²) in [4.78, 5) is 63.0. The molecule has 11 nitrogen and oxygen atoms in total. The Hall–Kier alpha value is -3.44. The molecule has 0 aromatic carbocycles. The molecule has 1 aromatic heterocycles. The summed E-state index contributed by atoms with van der Waals surface area (Å²) in [6, 6.07) is 1.44. The number of alkyl halides is 1. The maximum Gasteiger partial charge on any atom is 0.407 e. The van der Waals surface area contributed by atoms with Gasteiger partial charge in [-0.25, -0.2) is 14.2 Å². The number of aromatic nitrogens is 1. The Morgan fingerprint density at radius 2 is 1.98 bits per heavy atom. The number of nitrogens with zero attached hydrogens (tertiary/aromatic N) is 3. The lowest BCUT2D eigenvalue weighted by Crippen LogP contribution is -2.61. The van der Waals surface area contributed by atoms with Crippen LogP contribution >= 0.6 is 0 Å². The number of ether oxygens (including phenoxy) is 2. The summed E-state index contributed by atoms with van der Waals surface area (Å²) in [5.74, 6) is -0.00743. The van der Waals surface area contributed by atoms with E-state index >= 15 is 4.39 Å². The van der Waals surface area contributed by atoms with Gasteiger partial charge in [0.2, 0.25) is 17.4 Å². The van der Waals surface area contributed by atoms with Crippen LogP contribution in [0.15, 0.2) is 18.3 Å². The Kier molecular flexibility index (Phi) is 6.24.